The molecule has 0 saturated carbocycles. The van der Waals surface area contributed by atoms with Crippen molar-refractivity contribution in [3.63, 3.8) is 0 Å². The Hall–Kier alpha value is -3.27. The van der Waals surface area contributed by atoms with E-state index in [9.17, 15) is 27.6 Å². The molecule has 1 aliphatic heterocycles. The standard InChI is InChI=1S/C16H17F3N6O4/c1-3-4-7-24-10-11(21-14(24)23-8-5-20-6-9-23)22(2)15(28)25(12(10)26)29-13(27)16(17,18)19/h20H,5-9H2,1-2H3. The molecule has 0 aromatic carbocycles. The summed E-state index contributed by atoms with van der Waals surface area (Å²) in [5.41, 5.74) is -2.74. The predicted octanol–water partition coefficient (Wildman–Crippen LogP) is -1.15. The zero-order chi connectivity index (χ0) is 21.3. The molecule has 0 unspecified atom stereocenters. The van der Waals surface area contributed by atoms with E-state index in [1.165, 1.54) is 11.6 Å². The second-order valence-corrected chi connectivity index (χ2v) is 6.15. The third-order valence-corrected chi connectivity index (χ3v) is 4.31. The fourth-order valence-electron chi connectivity index (χ4n) is 2.91. The van der Waals surface area contributed by atoms with E-state index in [0.717, 1.165) is 4.57 Å². The minimum Gasteiger partial charge on any atom is -0.340 e. The van der Waals surface area contributed by atoms with Gasteiger partial charge in [-0.15, -0.1) is 5.92 Å². The summed E-state index contributed by atoms with van der Waals surface area (Å²) in [6.07, 6.45) is -5.38. The monoisotopic (exact) mass is 414 g/mol. The molecule has 10 nitrogen and oxygen atoms in total. The van der Waals surface area contributed by atoms with Gasteiger partial charge in [-0.1, -0.05) is 10.7 Å². The summed E-state index contributed by atoms with van der Waals surface area (Å²) in [6.45, 7) is 4.04. The van der Waals surface area contributed by atoms with Crippen LogP contribution in [0, 0.1) is 11.8 Å². The highest BCUT2D eigenvalue weighted by Crippen LogP contribution is 2.20. The van der Waals surface area contributed by atoms with Gasteiger partial charge in [-0.25, -0.2) is 9.59 Å². The fraction of sp³-hybridized carbons (Fsp3) is 0.500. The van der Waals surface area contributed by atoms with E-state index in [1.54, 1.807) is 6.92 Å². The first kappa shape index (κ1) is 20.5. The van der Waals surface area contributed by atoms with Crippen LogP contribution in [-0.2, 0) is 18.4 Å². The smallest absolute Gasteiger partial charge is 0.340 e. The lowest BCUT2D eigenvalue weighted by molar-refractivity contribution is -0.200. The maximum Gasteiger partial charge on any atom is 0.493 e. The van der Waals surface area contributed by atoms with Crippen molar-refractivity contribution < 1.29 is 22.8 Å². The van der Waals surface area contributed by atoms with Crippen LogP contribution in [0.5, 0.6) is 0 Å². The first-order valence-electron chi connectivity index (χ1n) is 8.54. The van der Waals surface area contributed by atoms with Gasteiger partial charge in [-0.2, -0.15) is 18.2 Å². The van der Waals surface area contributed by atoms with E-state index in [0.29, 0.717) is 32.1 Å². The Bertz CT molecular complexity index is 1130. The maximum absolute atomic E-state index is 12.8. The molecule has 3 heterocycles. The van der Waals surface area contributed by atoms with Crippen molar-refractivity contribution in [3.8, 4) is 11.8 Å². The van der Waals surface area contributed by atoms with Crippen LogP contribution in [0.2, 0.25) is 0 Å². The van der Waals surface area contributed by atoms with Crippen LogP contribution in [0.15, 0.2) is 9.59 Å². The number of halogens is 3. The van der Waals surface area contributed by atoms with Gasteiger partial charge in [-0.3, -0.25) is 13.9 Å². The summed E-state index contributed by atoms with van der Waals surface area (Å²) in [5, 5.41) is 3.17. The predicted molar refractivity (Wildman–Crippen MR) is 95.4 cm³/mol. The quantitative estimate of drug-likeness (QED) is 0.633. The molecule has 0 atom stereocenters. The Morgan fingerprint density at radius 1 is 1.28 bits per heavy atom. The Balaban J connectivity index is 2.26. The summed E-state index contributed by atoms with van der Waals surface area (Å²) in [4.78, 5) is 46.6. The second-order valence-electron chi connectivity index (χ2n) is 6.15. The normalized spacial score (nSPS) is 14.6. The van der Waals surface area contributed by atoms with E-state index in [-0.39, 0.29) is 22.4 Å². The number of nitrogens with one attached hydrogen (secondary N) is 1. The SMILES string of the molecule is CC#CCn1c(N2CCNCC2)nc2c1c(=O)n(OC(=O)C(F)(F)F)c(=O)n2C. The fourth-order valence-corrected chi connectivity index (χ4v) is 2.91. The largest absolute Gasteiger partial charge is 0.493 e. The van der Waals surface area contributed by atoms with E-state index in [4.69, 9.17) is 0 Å². The molecule has 0 bridgehead atoms. The highest BCUT2D eigenvalue weighted by atomic mass is 19.4. The number of aryl methyl sites for hydroxylation is 1. The summed E-state index contributed by atoms with van der Waals surface area (Å²) < 4.78 is 39.7. The van der Waals surface area contributed by atoms with E-state index in [2.05, 4.69) is 27.0 Å². The van der Waals surface area contributed by atoms with E-state index in [1.807, 2.05) is 4.90 Å². The molecule has 0 spiro atoms. The van der Waals surface area contributed by atoms with Crippen molar-refractivity contribution >= 4 is 23.1 Å². The number of carbonyl (C=O) groups excluding carboxylic acids is 1. The molecule has 13 heteroatoms. The average molecular weight is 414 g/mol. The van der Waals surface area contributed by atoms with Crippen LogP contribution in [0.1, 0.15) is 6.92 Å². The maximum atomic E-state index is 12.8. The molecule has 2 aromatic heterocycles. The summed E-state index contributed by atoms with van der Waals surface area (Å²) in [7, 11) is 1.21. The number of hydrogen-bond acceptors (Lipinski definition) is 7. The summed E-state index contributed by atoms with van der Waals surface area (Å²) >= 11 is 0. The number of fused-ring (bicyclic) bond motifs is 1. The summed E-state index contributed by atoms with van der Waals surface area (Å²) in [6, 6.07) is 0. The molecule has 1 saturated heterocycles. The molecule has 2 aromatic rings. The molecule has 0 radical (unpaired) electrons. The molecule has 0 aliphatic carbocycles. The van der Waals surface area contributed by atoms with Gasteiger partial charge in [0.25, 0.3) is 0 Å². The first-order valence-corrected chi connectivity index (χ1v) is 8.54. The molecule has 0 amide bonds. The first-order chi connectivity index (χ1) is 13.7. The van der Waals surface area contributed by atoms with Gasteiger partial charge in [0.1, 0.15) is 0 Å². The van der Waals surface area contributed by atoms with Gasteiger partial charge >= 0.3 is 23.4 Å². The van der Waals surface area contributed by atoms with Crippen molar-refractivity contribution in [1.82, 2.24) is 24.2 Å². The number of nitrogens with zero attached hydrogens (tertiary/aromatic N) is 5. The van der Waals surface area contributed by atoms with Crippen LogP contribution < -0.4 is 26.3 Å². The number of alkyl halides is 3. The lowest BCUT2D eigenvalue weighted by Gasteiger charge is -2.28. The summed E-state index contributed by atoms with van der Waals surface area (Å²) in [5.74, 6) is 3.11. The molecule has 156 valence electrons. The highest BCUT2D eigenvalue weighted by molar-refractivity contribution is 5.77. The topological polar surface area (TPSA) is 103 Å². The van der Waals surface area contributed by atoms with Crippen LogP contribution in [-0.4, -0.2) is 57.2 Å². The van der Waals surface area contributed by atoms with Gasteiger partial charge in [-0.05, 0) is 6.92 Å². The molecule has 3 rings (SSSR count). The van der Waals surface area contributed by atoms with Crippen LogP contribution in [0.25, 0.3) is 11.2 Å². The van der Waals surface area contributed by atoms with Gasteiger partial charge in [0.15, 0.2) is 11.2 Å². The number of hydrogen-bond donors (Lipinski definition) is 1. The highest BCUT2D eigenvalue weighted by Gasteiger charge is 2.43. The lowest BCUT2D eigenvalue weighted by Crippen LogP contribution is -2.48. The third-order valence-electron chi connectivity index (χ3n) is 4.31. The molecule has 1 aliphatic rings. The minimum absolute atomic E-state index is 0.00687. The van der Waals surface area contributed by atoms with Gasteiger partial charge in [0, 0.05) is 33.2 Å². The third kappa shape index (κ3) is 3.70. The molecular weight excluding hydrogens is 397 g/mol. The van der Waals surface area contributed by atoms with Gasteiger partial charge in [0.2, 0.25) is 5.95 Å². The Morgan fingerprint density at radius 2 is 1.93 bits per heavy atom. The number of carbonyl (C=O) groups is 1. The minimum atomic E-state index is -5.38. The van der Waals surface area contributed by atoms with Crippen LogP contribution in [0.3, 0.4) is 0 Å². The van der Waals surface area contributed by atoms with Gasteiger partial charge < -0.3 is 15.1 Å². The van der Waals surface area contributed by atoms with Crippen LogP contribution in [0.4, 0.5) is 19.1 Å². The van der Waals surface area contributed by atoms with E-state index < -0.39 is 23.4 Å². The molecule has 1 N–H and O–H groups in total. The molecule has 29 heavy (non-hydrogen) atoms. The number of aromatic nitrogens is 4. The number of anilines is 1. The lowest BCUT2D eigenvalue weighted by atomic mass is 10.4. The van der Waals surface area contributed by atoms with Crippen molar-refractivity contribution in [2.75, 3.05) is 31.1 Å². The van der Waals surface area contributed by atoms with Crippen LogP contribution >= 0.6 is 0 Å². The Labute approximate surface area is 161 Å². The Morgan fingerprint density at radius 3 is 2.52 bits per heavy atom. The zero-order valence-corrected chi connectivity index (χ0v) is 15.5. The van der Waals surface area contributed by atoms with Crippen molar-refractivity contribution in [2.45, 2.75) is 19.6 Å². The zero-order valence-electron chi connectivity index (χ0n) is 15.5. The van der Waals surface area contributed by atoms with Crippen molar-refractivity contribution in [1.29, 1.82) is 0 Å². The second kappa shape index (κ2) is 7.63. The number of imidazole rings is 1. The van der Waals surface area contributed by atoms with Crippen molar-refractivity contribution in [3.05, 3.63) is 20.8 Å². The number of piperazine rings is 1. The van der Waals surface area contributed by atoms with Gasteiger partial charge in [0.05, 0.1) is 6.54 Å². The van der Waals surface area contributed by atoms with Crippen molar-refractivity contribution in [2.24, 2.45) is 7.05 Å². The Kier molecular flexibility index (Phi) is 5.38. The number of rotatable bonds is 3. The molecular formula is C16H17F3N6O4. The van der Waals surface area contributed by atoms with E-state index >= 15 is 0 Å². The average Bonchev–Trinajstić information content (AvgIpc) is 3.07. The molecule has 1 fully saturated rings.